The molecule has 5 aliphatic rings. The van der Waals surface area contributed by atoms with Crippen molar-refractivity contribution in [2.45, 2.75) is 170 Å². The number of hydrogen-bond donors (Lipinski definition) is 0. The number of hydrogen-bond acceptors (Lipinski definition) is 2. The van der Waals surface area contributed by atoms with E-state index in [-0.39, 0.29) is 0 Å². The summed E-state index contributed by atoms with van der Waals surface area (Å²) in [5.74, 6) is 0. The summed E-state index contributed by atoms with van der Waals surface area (Å²) in [6.45, 7) is 0. The Hall–Kier alpha value is 0.210. The predicted octanol–water partition coefficient (Wildman–Crippen LogP) is 7.28. The largest absolute Gasteiger partial charge is 0.291 e. The van der Waals surface area contributed by atoms with Gasteiger partial charge in [-0.1, -0.05) is 77.0 Å². The van der Waals surface area contributed by atoms with Crippen LogP contribution in [0, 0.1) is 0 Å². The first-order chi connectivity index (χ1) is 14.8. The average Bonchev–Trinajstić information content (AvgIpc) is 3.46. The smallest absolute Gasteiger partial charge is 0.0678 e. The van der Waals surface area contributed by atoms with Crippen molar-refractivity contribution in [2.75, 3.05) is 0 Å². The van der Waals surface area contributed by atoms with Crippen LogP contribution in [0.4, 0.5) is 0 Å². The highest BCUT2D eigenvalue weighted by Crippen LogP contribution is 2.48. The molecule has 5 aliphatic carbocycles. The van der Waals surface area contributed by atoms with Crippen molar-refractivity contribution in [2.24, 2.45) is 0 Å². The van der Waals surface area contributed by atoms with E-state index in [1.54, 1.807) is 0 Å². The molecule has 2 unspecified atom stereocenters. The minimum Gasteiger partial charge on any atom is -0.291 e. The fourth-order valence-corrected chi connectivity index (χ4v) is 8.49. The van der Waals surface area contributed by atoms with Crippen LogP contribution in [0.5, 0.6) is 0 Å². The molecule has 0 spiro atoms. The van der Waals surface area contributed by atoms with Gasteiger partial charge < -0.3 is 0 Å². The molecule has 0 N–H and O–H groups in total. The van der Waals surface area contributed by atoms with E-state index >= 15 is 0 Å². The van der Waals surface area contributed by atoms with Crippen LogP contribution in [0.15, 0.2) is 0 Å². The van der Waals surface area contributed by atoms with Crippen LogP contribution in [0.1, 0.15) is 128 Å². The molecular weight excluding hydrogens is 388 g/mol. The van der Waals surface area contributed by atoms with E-state index in [1.165, 1.54) is 128 Å². The van der Waals surface area contributed by atoms with Crippen molar-refractivity contribution in [3.8, 4) is 0 Å². The third kappa shape index (κ3) is 4.76. The van der Waals surface area contributed by atoms with Gasteiger partial charge in [0, 0.05) is 36.3 Å². The second-order valence-electron chi connectivity index (χ2n) is 11.5. The molecule has 0 radical (unpaired) electrons. The quantitative estimate of drug-likeness (QED) is 0.405. The van der Waals surface area contributed by atoms with Crippen molar-refractivity contribution in [3.63, 3.8) is 0 Å². The predicted molar refractivity (Wildman–Crippen MR) is 128 cm³/mol. The van der Waals surface area contributed by atoms with E-state index in [4.69, 9.17) is 11.6 Å². The summed E-state index contributed by atoms with van der Waals surface area (Å²) < 4.78 is 0. The second-order valence-corrected chi connectivity index (χ2v) is 12.0. The van der Waals surface area contributed by atoms with E-state index in [9.17, 15) is 0 Å². The van der Waals surface area contributed by atoms with Gasteiger partial charge in [0.1, 0.15) is 0 Å². The summed E-state index contributed by atoms with van der Waals surface area (Å²) in [5, 5.41) is 0.387. The number of halogens is 1. The average molecular weight is 435 g/mol. The van der Waals surface area contributed by atoms with E-state index in [1.807, 2.05) is 0 Å². The van der Waals surface area contributed by atoms with Gasteiger partial charge in [-0.25, -0.2) is 0 Å². The normalized spacial score (nSPS) is 35.9. The van der Waals surface area contributed by atoms with Gasteiger partial charge >= 0.3 is 0 Å². The molecule has 0 heterocycles. The molecule has 172 valence electrons. The Bertz CT molecular complexity index is 433. The fraction of sp³-hybridized carbons (Fsp3) is 1.00. The lowest BCUT2D eigenvalue weighted by Gasteiger charge is -2.45. The van der Waals surface area contributed by atoms with Gasteiger partial charge in [0.05, 0.1) is 5.38 Å². The van der Waals surface area contributed by atoms with Crippen LogP contribution in [-0.2, 0) is 0 Å². The lowest BCUT2D eigenvalue weighted by molar-refractivity contribution is 0.0299. The molecule has 5 saturated carbocycles. The molecule has 5 fully saturated rings. The lowest BCUT2D eigenvalue weighted by Crippen LogP contribution is -2.52. The summed E-state index contributed by atoms with van der Waals surface area (Å²) in [6.07, 6.45) is 29.0. The molecule has 2 nitrogen and oxygen atoms in total. The van der Waals surface area contributed by atoms with Crippen LogP contribution >= 0.6 is 11.6 Å². The first-order valence-corrected chi connectivity index (χ1v) is 14.5. The Morgan fingerprint density at radius 3 is 0.833 bits per heavy atom. The van der Waals surface area contributed by atoms with Crippen molar-refractivity contribution in [1.82, 2.24) is 9.80 Å². The number of rotatable bonds is 6. The van der Waals surface area contributed by atoms with Crippen LogP contribution in [0.2, 0.25) is 0 Å². The maximum atomic E-state index is 7.30. The van der Waals surface area contributed by atoms with Crippen LogP contribution in [0.25, 0.3) is 0 Å². The van der Waals surface area contributed by atoms with Crippen LogP contribution < -0.4 is 0 Å². The van der Waals surface area contributed by atoms with Gasteiger partial charge in [0.25, 0.3) is 0 Å². The maximum Gasteiger partial charge on any atom is 0.0678 e. The summed E-state index contributed by atoms with van der Waals surface area (Å²) in [6, 6.07) is 4.63. The molecule has 30 heavy (non-hydrogen) atoms. The van der Waals surface area contributed by atoms with Crippen molar-refractivity contribution < 1.29 is 0 Å². The minimum atomic E-state index is 0.387. The first-order valence-electron chi connectivity index (χ1n) is 14.0. The van der Waals surface area contributed by atoms with Crippen molar-refractivity contribution in [3.05, 3.63) is 0 Å². The SMILES string of the molecule is ClC1C(N(C2CCCCC2)C2CCCCC2)C1N(C1CCCCC1)C1CCCCC1. The zero-order valence-electron chi connectivity index (χ0n) is 19.5. The second kappa shape index (κ2) is 10.4. The molecule has 0 aliphatic heterocycles. The number of nitrogens with zero attached hydrogens (tertiary/aromatic N) is 2. The van der Waals surface area contributed by atoms with Crippen molar-refractivity contribution in [1.29, 1.82) is 0 Å². The Balaban J connectivity index is 1.37. The molecule has 2 atom stereocenters. The van der Waals surface area contributed by atoms with Gasteiger partial charge in [0.2, 0.25) is 0 Å². The Kier molecular flexibility index (Phi) is 7.66. The molecular formula is C27H47ClN2. The third-order valence-corrected chi connectivity index (χ3v) is 10.1. The van der Waals surface area contributed by atoms with Gasteiger partial charge in [0.15, 0.2) is 0 Å². The molecule has 0 aromatic heterocycles. The third-order valence-electron chi connectivity index (χ3n) is 9.54. The summed E-state index contributed by atoms with van der Waals surface area (Å²) in [4.78, 5) is 6.14. The van der Waals surface area contributed by atoms with Crippen LogP contribution in [-0.4, -0.2) is 51.4 Å². The molecule has 0 bridgehead atoms. The van der Waals surface area contributed by atoms with Gasteiger partial charge in [-0.2, -0.15) is 0 Å². The highest BCUT2D eigenvalue weighted by atomic mass is 35.5. The Morgan fingerprint density at radius 1 is 0.367 bits per heavy atom. The summed E-state index contributed by atoms with van der Waals surface area (Å²) in [7, 11) is 0. The first kappa shape index (κ1) is 22.0. The Morgan fingerprint density at radius 2 is 0.600 bits per heavy atom. The fourth-order valence-electron chi connectivity index (χ4n) is 8.01. The zero-order chi connectivity index (χ0) is 20.3. The van der Waals surface area contributed by atoms with E-state index < -0.39 is 0 Å². The lowest BCUT2D eigenvalue weighted by atomic mass is 9.87. The molecule has 0 aromatic carbocycles. The van der Waals surface area contributed by atoms with Gasteiger partial charge in [-0.3, -0.25) is 9.80 Å². The molecule has 5 rings (SSSR count). The van der Waals surface area contributed by atoms with Gasteiger partial charge in [-0.15, -0.1) is 11.6 Å². The van der Waals surface area contributed by atoms with E-state index in [0.29, 0.717) is 17.5 Å². The van der Waals surface area contributed by atoms with Gasteiger partial charge in [-0.05, 0) is 51.4 Å². The monoisotopic (exact) mass is 434 g/mol. The maximum absolute atomic E-state index is 7.30. The topological polar surface area (TPSA) is 6.48 Å². The van der Waals surface area contributed by atoms with Crippen molar-refractivity contribution >= 4 is 11.6 Å². The highest BCUT2D eigenvalue weighted by Gasteiger charge is 2.60. The Labute approximate surface area is 191 Å². The number of alkyl halides is 1. The van der Waals surface area contributed by atoms with E-state index in [0.717, 1.165) is 24.2 Å². The van der Waals surface area contributed by atoms with E-state index in [2.05, 4.69) is 9.80 Å². The van der Waals surface area contributed by atoms with Crippen LogP contribution in [0.3, 0.4) is 0 Å². The molecule has 0 saturated heterocycles. The summed E-state index contributed by atoms with van der Waals surface area (Å²) in [5.41, 5.74) is 0. The minimum absolute atomic E-state index is 0.387. The molecule has 0 aromatic rings. The zero-order valence-corrected chi connectivity index (χ0v) is 20.2. The summed E-state index contributed by atoms with van der Waals surface area (Å²) >= 11 is 7.30. The molecule has 3 heteroatoms. The standard InChI is InChI=1S/C27H47ClN2/c28-25-26(29(21-13-5-1-6-14-21)22-15-7-2-8-16-22)27(25)30(23-17-9-3-10-18-23)24-19-11-4-12-20-24/h21-27H,1-20H2. The molecule has 0 amide bonds. The highest BCUT2D eigenvalue weighted by molar-refractivity contribution is 6.24.